The van der Waals surface area contributed by atoms with Gasteiger partial charge in [-0.05, 0) is 35.7 Å². The summed E-state index contributed by atoms with van der Waals surface area (Å²) < 4.78 is 15.4. The second-order valence-corrected chi connectivity index (χ2v) is 6.42. The molecule has 0 radical (unpaired) electrons. The minimum atomic E-state index is -0.501. The van der Waals surface area contributed by atoms with Gasteiger partial charge in [0.15, 0.2) is 6.61 Å². The van der Waals surface area contributed by atoms with Crippen LogP contribution in [0.2, 0.25) is 0 Å². The molecular weight excluding hydrogens is 384 g/mol. The van der Waals surface area contributed by atoms with Crippen molar-refractivity contribution in [3.63, 3.8) is 0 Å². The van der Waals surface area contributed by atoms with Crippen molar-refractivity contribution in [2.45, 2.75) is 0 Å². The molecule has 3 aromatic rings. The fourth-order valence-corrected chi connectivity index (χ4v) is 2.80. The molecule has 2 aromatic heterocycles. The van der Waals surface area contributed by atoms with Crippen molar-refractivity contribution < 1.29 is 23.6 Å². The number of nitrogens with zero attached hydrogens (tertiary/aromatic N) is 2. The van der Waals surface area contributed by atoms with Crippen LogP contribution in [-0.2, 0) is 4.79 Å². The molecule has 10 heteroatoms. The predicted molar refractivity (Wildman–Crippen MR) is 101 cm³/mol. The van der Waals surface area contributed by atoms with Gasteiger partial charge in [0.05, 0.1) is 12.0 Å². The number of aromatic nitrogens is 2. The van der Waals surface area contributed by atoms with Crippen LogP contribution >= 0.6 is 11.3 Å². The smallest absolute Gasteiger partial charge is 0.316 e. The largest absolute Gasteiger partial charge is 0.497 e. The molecule has 146 valence electrons. The van der Waals surface area contributed by atoms with Gasteiger partial charge in [-0.1, -0.05) is 11.2 Å². The molecule has 0 saturated carbocycles. The number of ether oxygens (including phenoxy) is 2. The van der Waals surface area contributed by atoms with Crippen LogP contribution in [0.1, 0.15) is 10.7 Å². The minimum absolute atomic E-state index is 0.127. The molecule has 0 atom stereocenters. The maximum absolute atomic E-state index is 12.0. The van der Waals surface area contributed by atoms with Crippen molar-refractivity contribution in [1.29, 1.82) is 0 Å². The second-order valence-electron chi connectivity index (χ2n) is 5.47. The third-order valence-electron chi connectivity index (χ3n) is 3.52. The first kappa shape index (κ1) is 19.4. The van der Waals surface area contributed by atoms with E-state index in [-0.39, 0.29) is 31.5 Å². The van der Waals surface area contributed by atoms with E-state index in [9.17, 15) is 9.59 Å². The molecule has 0 unspecified atom stereocenters. The quantitative estimate of drug-likeness (QED) is 0.524. The van der Waals surface area contributed by atoms with Gasteiger partial charge in [-0.15, -0.1) is 11.3 Å². The number of hydrogen-bond donors (Lipinski definition) is 2. The van der Waals surface area contributed by atoms with Gasteiger partial charge in [-0.25, -0.2) is 0 Å². The molecule has 9 nitrogen and oxygen atoms in total. The summed E-state index contributed by atoms with van der Waals surface area (Å²) in [6.07, 6.45) is 0. The zero-order chi connectivity index (χ0) is 19.8. The lowest BCUT2D eigenvalue weighted by molar-refractivity contribution is -0.123. The van der Waals surface area contributed by atoms with Crippen LogP contribution in [-0.4, -0.2) is 48.8 Å². The molecular formula is C18H18N4O5S. The van der Waals surface area contributed by atoms with Crippen LogP contribution in [0.5, 0.6) is 11.5 Å². The maximum Gasteiger partial charge on any atom is 0.316 e. The summed E-state index contributed by atoms with van der Waals surface area (Å²) in [6.45, 7) is 0.320. The Bertz CT molecular complexity index is 908. The van der Waals surface area contributed by atoms with Gasteiger partial charge in [-0.3, -0.25) is 9.59 Å². The highest BCUT2D eigenvalue weighted by molar-refractivity contribution is 7.13. The third kappa shape index (κ3) is 5.30. The van der Waals surface area contributed by atoms with Crippen LogP contribution < -0.4 is 20.1 Å². The lowest BCUT2D eigenvalue weighted by Gasteiger charge is -2.08. The van der Waals surface area contributed by atoms with E-state index in [1.54, 1.807) is 31.4 Å². The fraction of sp³-hybridized carbons (Fsp3) is 0.222. The molecule has 2 heterocycles. The van der Waals surface area contributed by atoms with E-state index in [4.69, 9.17) is 14.0 Å². The molecule has 1 aromatic carbocycles. The molecule has 0 aliphatic heterocycles. The van der Waals surface area contributed by atoms with Crippen LogP contribution in [0.15, 0.2) is 46.3 Å². The highest BCUT2D eigenvalue weighted by atomic mass is 32.1. The van der Waals surface area contributed by atoms with E-state index in [1.807, 2.05) is 17.5 Å². The average molecular weight is 402 g/mol. The van der Waals surface area contributed by atoms with Crippen molar-refractivity contribution in [3.05, 3.63) is 47.7 Å². The Kier molecular flexibility index (Phi) is 6.58. The van der Waals surface area contributed by atoms with Crippen molar-refractivity contribution in [1.82, 2.24) is 20.8 Å². The van der Waals surface area contributed by atoms with Crippen LogP contribution in [0.3, 0.4) is 0 Å². The average Bonchev–Trinajstić information content (AvgIpc) is 3.41. The van der Waals surface area contributed by atoms with Crippen molar-refractivity contribution in [2.75, 3.05) is 26.8 Å². The van der Waals surface area contributed by atoms with Crippen LogP contribution in [0.4, 0.5) is 0 Å². The normalized spacial score (nSPS) is 10.3. The third-order valence-corrected chi connectivity index (χ3v) is 4.39. The topological polar surface area (TPSA) is 116 Å². The number of rotatable bonds is 9. The van der Waals surface area contributed by atoms with Gasteiger partial charge >= 0.3 is 11.8 Å². The Labute approximate surface area is 164 Å². The molecule has 3 rings (SSSR count). The Hall–Kier alpha value is -3.40. The van der Waals surface area contributed by atoms with Gasteiger partial charge in [0.25, 0.3) is 5.91 Å². The van der Waals surface area contributed by atoms with E-state index >= 15 is 0 Å². The first-order valence-corrected chi connectivity index (χ1v) is 9.23. The number of amides is 2. The summed E-state index contributed by atoms with van der Waals surface area (Å²) in [5.41, 5.74) is 0. The summed E-state index contributed by atoms with van der Waals surface area (Å²) in [4.78, 5) is 28.6. The maximum atomic E-state index is 12.0. The first-order valence-electron chi connectivity index (χ1n) is 8.35. The number of nitrogens with one attached hydrogen (secondary N) is 2. The highest BCUT2D eigenvalue weighted by Gasteiger charge is 2.16. The number of methoxy groups -OCH3 is 1. The summed E-state index contributed by atoms with van der Waals surface area (Å²) in [6, 6.07) is 10.6. The van der Waals surface area contributed by atoms with Gasteiger partial charge in [0.2, 0.25) is 5.82 Å². The molecule has 0 fully saturated rings. The molecule has 0 spiro atoms. The summed E-state index contributed by atoms with van der Waals surface area (Å²) in [5, 5.41) is 10.9. The SMILES string of the molecule is COc1ccc(OCC(=O)NCCNC(=O)c2nc(-c3cccs3)no2)cc1. The molecule has 0 bridgehead atoms. The highest BCUT2D eigenvalue weighted by Crippen LogP contribution is 2.21. The minimum Gasteiger partial charge on any atom is -0.497 e. The van der Waals surface area contributed by atoms with Gasteiger partial charge in [0.1, 0.15) is 11.5 Å². The summed E-state index contributed by atoms with van der Waals surface area (Å²) in [7, 11) is 1.57. The van der Waals surface area contributed by atoms with Gasteiger partial charge in [-0.2, -0.15) is 4.98 Å². The first-order chi connectivity index (χ1) is 13.7. The molecule has 2 N–H and O–H groups in total. The van der Waals surface area contributed by atoms with E-state index in [1.165, 1.54) is 11.3 Å². The molecule has 28 heavy (non-hydrogen) atoms. The molecule has 0 aliphatic rings. The second kappa shape index (κ2) is 9.51. The van der Waals surface area contributed by atoms with Crippen molar-refractivity contribution >= 4 is 23.2 Å². The summed E-state index contributed by atoms with van der Waals surface area (Å²) in [5.74, 6) is 0.696. The van der Waals surface area contributed by atoms with Gasteiger partial charge in [0, 0.05) is 13.1 Å². The molecule has 0 aliphatic carbocycles. The predicted octanol–water partition coefficient (Wildman–Crippen LogP) is 1.73. The number of carbonyl (C=O) groups is 2. The monoisotopic (exact) mass is 402 g/mol. The van der Waals surface area contributed by atoms with Crippen molar-refractivity contribution in [2.24, 2.45) is 0 Å². The fourth-order valence-electron chi connectivity index (χ4n) is 2.15. The van der Waals surface area contributed by atoms with Gasteiger partial charge < -0.3 is 24.6 Å². The van der Waals surface area contributed by atoms with Crippen molar-refractivity contribution in [3.8, 4) is 22.2 Å². The van der Waals surface area contributed by atoms with E-state index in [0.717, 1.165) is 4.88 Å². The van der Waals surface area contributed by atoms with Crippen LogP contribution in [0, 0.1) is 0 Å². The summed E-state index contributed by atoms with van der Waals surface area (Å²) >= 11 is 1.45. The van der Waals surface area contributed by atoms with E-state index < -0.39 is 5.91 Å². The molecule has 0 saturated heterocycles. The Morgan fingerprint density at radius 1 is 1.11 bits per heavy atom. The standard InChI is InChI=1S/C18H18N4O5S/c1-25-12-4-6-13(7-5-12)26-11-15(23)19-8-9-20-17(24)18-21-16(22-27-18)14-3-2-10-28-14/h2-7,10H,8-9,11H2,1H3,(H,19,23)(H,20,24). The Morgan fingerprint density at radius 2 is 1.86 bits per heavy atom. The number of benzene rings is 1. The lowest BCUT2D eigenvalue weighted by atomic mass is 10.3. The number of hydrogen-bond acceptors (Lipinski definition) is 8. The van der Waals surface area contributed by atoms with Crippen LogP contribution in [0.25, 0.3) is 10.7 Å². The number of thiophene rings is 1. The van der Waals surface area contributed by atoms with E-state index in [2.05, 4.69) is 20.8 Å². The zero-order valence-corrected chi connectivity index (χ0v) is 15.8. The Morgan fingerprint density at radius 3 is 2.57 bits per heavy atom. The number of carbonyl (C=O) groups excluding carboxylic acids is 2. The zero-order valence-electron chi connectivity index (χ0n) is 15.0. The van der Waals surface area contributed by atoms with E-state index in [0.29, 0.717) is 17.3 Å². The lowest BCUT2D eigenvalue weighted by Crippen LogP contribution is -2.36. The molecule has 2 amide bonds. The Balaban J connectivity index is 1.34.